The van der Waals surface area contributed by atoms with Crippen LogP contribution >= 0.6 is 0 Å². The Morgan fingerprint density at radius 2 is 2.06 bits per heavy atom. The number of hydrogen-bond acceptors (Lipinski definition) is 3. The average Bonchev–Trinajstić information content (AvgIpc) is 3.15. The van der Waals surface area contributed by atoms with Crippen molar-refractivity contribution in [2.24, 2.45) is 11.1 Å². The summed E-state index contributed by atoms with van der Waals surface area (Å²) in [6.45, 7) is 2.63. The fourth-order valence-electron chi connectivity index (χ4n) is 1.78. The first-order chi connectivity index (χ1) is 8.28. The molecule has 92 valence electrons. The molecule has 1 aromatic rings. The molecule has 0 radical (unpaired) electrons. The summed E-state index contributed by atoms with van der Waals surface area (Å²) in [5.74, 6) is 1.84. The van der Waals surface area contributed by atoms with Crippen molar-refractivity contribution in [3.63, 3.8) is 0 Å². The van der Waals surface area contributed by atoms with Gasteiger partial charge in [0.15, 0.2) is 0 Å². The van der Waals surface area contributed by atoms with E-state index in [0.717, 1.165) is 23.8 Å². The van der Waals surface area contributed by atoms with Crippen molar-refractivity contribution in [1.29, 1.82) is 0 Å². The van der Waals surface area contributed by atoms with Crippen LogP contribution in [0.4, 0.5) is 0 Å². The second-order valence-corrected chi connectivity index (χ2v) is 4.74. The normalized spacial score (nSPS) is 15.9. The van der Waals surface area contributed by atoms with Crippen LogP contribution in [-0.2, 0) is 6.42 Å². The molecule has 0 unspecified atom stereocenters. The van der Waals surface area contributed by atoms with Crippen molar-refractivity contribution in [2.45, 2.75) is 32.6 Å². The van der Waals surface area contributed by atoms with Crippen LogP contribution in [0.1, 0.15) is 31.7 Å². The van der Waals surface area contributed by atoms with Crippen LogP contribution in [0.3, 0.4) is 0 Å². The van der Waals surface area contributed by atoms with Gasteiger partial charge in [0.05, 0.1) is 12.3 Å². The minimum atomic E-state index is 0.679. The molecule has 2 rings (SSSR count). The number of benzene rings is 1. The minimum Gasteiger partial charge on any atom is -0.494 e. The van der Waals surface area contributed by atoms with Crippen molar-refractivity contribution in [3.8, 4) is 5.75 Å². The molecule has 1 aliphatic carbocycles. The third-order valence-corrected chi connectivity index (χ3v) is 3.05. The summed E-state index contributed by atoms with van der Waals surface area (Å²) in [7, 11) is 0. The van der Waals surface area contributed by atoms with E-state index in [1.165, 1.54) is 19.3 Å². The van der Waals surface area contributed by atoms with E-state index in [9.17, 15) is 0 Å². The molecule has 0 amide bonds. The van der Waals surface area contributed by atoms with Crippen molar-refractivity contribution in [3.05, 3.63) is 29.8 Å². The summed E-state index contributed by atoms with van der Waals surface area (Å²) in [6, 6.07) is 7.99. The van der Waals surface area contributed by atoms with Gasteiger partial charge in [0.2, 0.25) is 0 Å². The Labute approximate surface area is 102 Å². The number of rotatable bonds is 6. The van der Waals surface area contributed by atoms with E-state index in [-0.39, 0.29) is 0 Å². The van der Waals surface area contributed by atoms with Crippen molar-refractivity contribution < 1.29 is 9.94 Å². The first-order valence-electron chi connectivity index (χ1n) is 6.17. The van der Waals surface area contributed by atoms with Gasteiger partial charge < -0.3 is 9.94 Å². The summed E-state index contributed by atoms with van der Waals surface area (Å²) in [4.78, 5) is 0. The summed E-state index contributed by atoms with van der Waals surface area (Å²) in [5, 5.41) is 11.8. The molecule has 17 heavy (non-hydrogen) atoms. The molecule has 0 aliphatic heterocycles. The Morgan fingerprint density at radius 3 is 2.65 bits per heavy atom. The Kier molecular flexibility index (Phi) is 4.02. The molecule has 1 N–H and O–H groups in total. The highest BCUT2D eigenvalue weighted by Gasteiger charge is 2.20. The monoisotopic (exact) mass is 233 g/mol. The highest BCUT2D eigenvalue weighted by Crippen LogP contribution is 2.32. The maximum absolute atomic E-state index is 8.59. The zero-order chi connectivity index (χ0) is 12.1. The van der Waals surface area contributed by atoms with Gasteiger partial charge in [-0.3, -0.25) is 0 Å². The molecule has 0 bridgehead atoms. The Morgan fingerprint density at radius 1 is 1.35 bits per heavy atom. The van der Waals surface area contributed by atoms with Gasteiger partial charge in [-0.1, -0.05) is 30.1 Å². The smallest absolute Gasteiger partial charge is 0.119 e. The van der Waals surface area contributed by atoms with Gasteiger partial charge in [-0.05, 0) is 37.0 Å². The molecule has 3 nitrogen and oxygen atoms in total. The Hall–Kier alpha value is -1.51. The first kappa shape index (κ1) is 12.0. The topological polar surface area (TPSA) is 41.8 Å². The lowest BCUT2D eigenvalue weighted by Crippen LogP contribution is -1.99. The molecule has 0 atom stereocenters. The largest absolute Gasteiger partial charge is 0.494 e. The van der Waals surface area contributed by atoms with Gasteiger partial charge in [-0.25, -0.2) is 0 Å². The first-order valence-corrected chi connectivity index (χ1v) is 6.17. The van der Waals surface area contributed by atoms with Gasteiger partial charge >= 0.3 is 0 Å². The summed E-state index contributed by atoms with van der Waals surface area (Å²) in [6.07, 6.45) is 4.61. The van der Waals surface area contributed by atoms with Gasteiger partial charge in [0.1, 0.15) is 5.75 Å². The van der Waals surface area contributed by atoms with Crippen LogP contribution in [-0.4, -0.2) is 17.5 Å². The fourth-order valence-corrected chi connectivity index (χ4v) is 1.78. The maximum Gasteiger partial charge on any atom is 0.119 e. The van der Waals surface area contributed by atoms with E-state index in [0.29, 0.717) is 12.1 Å². The second kappa shape index (κ2) is 5.71. The van der Waals surface area contributed by atoms with Crippen molar-refractivity contribution in [2.75, 3.05) is 6.61 Å². The molecule has 0 heterocycles. The fraction of sp³-hybridized carbons (Fsp3) is 0.500. The van der Waals surface area contributed by atoms with E-state index in [2.05, 4.69) is 5.16 Å². The molecule has 1 saturated carbocycles. The molecule has 0 saturated heterocycles. The van der Waals surface area contributed by atoms with E-state index >= 15 is 0 Å². The van der Waals surface area contributed by atoms with Crippen molar-refractivity contribution in [1.82, 2.24) is 0 Å². The van der Waals surface area contributed by atoms with E-state index in [1.54, 1.807) is 6.92 Å². The predicted octanol–water partition coefficient (Wildman–Crippen LogP) is 3.26. The van der Waals surface area contributed by atoms with E-state index in [4.69, 9.17) is 9.94 Å². The van der Waals surface area contributed by atoms with Gasteiger partial charge in [-0.15, -0.1) is 0 Å². The molecule has 1 aliphatic rings. The average molecular weight is 233 g/mol. The number of hydrogen-bond donors (Lipinski definition) is 1. The summed E-state index contributed by atoms with van der Waals surface area (Å²) in [5.41, 5.74) is 1.85. The molecule has 0 spiro atoms. The van der Waals surface area contributed by atoms with Crippen LogP contribution in [0.5, 0.6) is 5.75 Å². The van der Waals surface area contributed by atoms with Crippen LogP contribution in [0.15, 0.2) is 29.4 Å². The standard InChI is InChI=1S/C14H19NO2/c1-11(15-16)10-13-4-6-14(7-5-13)17-9-8-12-2-3-12/h4-7,12,16H,2-3,8-10H2,1H3/b15-11-. The predicted molar refractivity (Wildman–Crippen MR) is 67.9 cm³/mol. The molecule has 0 aromatic heterocycles. The molecule has 3 heteroatoms. The summed E-state index contributed by atoms with van der Waals surface area (Å²) < 4.78 is 5.66. The third kappa shape index (κ3) is 4.10. The van der Waals surface area contributed by atoms with Gasteiger partial charge in [0, 0.05) is 6.42 Å². The lowest BCUT2D eigenvalue weighted by Gasteiger charge is -2.06. The van der Waals surface area contributed by atoms with Crippen LogP contribution in [0.25, 0.3) is 0 Å². The zero-order valence-corrected chi connectivity index (χ0v) is 10.2. The minimum absolute atomic E-state index is 0.679. The van der Waals surface area contributed by atoms with Crippen molar-refractivity contribution >= 4 is 5.71 Å². The zero-order valence-electron chi connectivity index (χ0n) is 10.2. The quantitative estimate of drug-likeness (QED) is 0.465. The van der Waals surface area contributed by atoms with Crippen LogP contribution < -0.4 is 4.74 Å². The summed E-state index contributed by atoms with van der Waals surface area (Å²) >= 11 is 0. The molecular formula is C14H19NO2. The molecular weight excluding hydrogens is 214 g/mol. The lowest BCUT2D eigenvalue weighted by molar-refractivity contribution is 0.302. The van der Waals surface area contributed by atoms with Gasteiger partial charge in [0.25, 0.3) is 0 Å². The number of ether oxygens (including phenoxy) is 1. The third-order valence-electron chi connectivity index (χ3n) is 3.05. The van der Waals surface area contributed by atoms with E-state index < -0.39 is 0 Å². The molecule has 1 fully saturated rings. The number of nitrogens with zero attached hydrogens (tertiary/aromatic N) is 1. The highest BCUT2D eigenvalue weighted by molar-refractivity contribution is 5.83. The highest BCUT2D eigenvalue weighted by atomic mass is 16.5. The lowest BCUT2D eigenvalue weighted by atomic mass is 10.1. The van der Waals surface area contributed by atoms with Crippen LogP contribution in [0, 0.1) is 5.92 Å². The van der Waals surface area contributed by atoms with Crippen LogP contribution in [0.2, 0.25) is 0 Å². The maximum atomic E-state index is 8.59. The number of oxime groups is 1. The second-order valence-electron chi connectivity index (χ2n) is 4.74. The molecule has 1 aromatic carbocycles. The van der Waals surface area contributed by atoms with Gasteiger partial charge in [-0.2, -0.15) is 0 Å². The Balaban J connectivity index is 1.79. The Bertz CT molecular complexity index is 380. The SMILES string of the molecule is C/C(Cc1ccc(OCCC2CC2)cc1)=N/O. The van der Waals surface area contributed by atoms with E-state index in [1.807, 2.05) is 24.3 Å².